The van der Waals surface area contributed by atoms with Crippen LogP contribution < -0.4 is 11.1 Å². The van der Waals surface area contributed by atoms with Gasteiger partial charge in [0.15, 0.2) is 0 Å². The molecule has 3 nitrogen and oxygen atoms in total. The maximum Gasteiger partial charge on any atom is 0.126 e. The molecule has 1 aromatic rings. The molecule has 0 aromatic carbocycles. The number of anilines is 1. The quantitative estimate of drug-likeness (QED) is 0.796. The molecule has 1 aliphatic carbocycles. The van der Waals surface area contributed by atoms with Gasteiger partial charge in [0.05, 0.1) is 0 Å². The maximum atomic E-state index is 5.60. The van der Waals surface area contributed by atoms with Crippen LogP contribution in [0.25, 0.3) is 0 Å². The van der Waals surface area contributed by atoms with Crippen molar-refractivity contribution in [2.45, 2.75) is 44.7 Å². The molecule has 0 atom stereocenters. The normalized spacial score (nSPS) is 19.1. The Balaban J connectivity index is 2.09. The third-order valence-corrected chi connectivity index (χ3v) is 3.20. The summed E-state index contributed by atoms with van der Waals surface area (Å²) in [5.74, 6) is 0.961. The van der Waals surface area contributed by atoms with Gasteiger partial charge < -0.3 is 11.1 Å². The molecule has 0 saturated heterocycles. The van der Waals surface area contributed by atoms with Crippen LogP contribution in [0, 0.1) is 0 Å². The smallest absolute Gasteiger partial charge is 0.126 e. The second kappa shape index (κ2) is 4.19. The fourth-order valence-electron chi connectivity index (χ4n) is 2.26. The van der Waals surface area contributed by atoms with Gasteiger partial charge in [0.2, 0.25) is 0 Å². The molecule has 1 aliphatic rings. The molecule has 1 aromatic heterocycles. The van der Waals surface area contributed by atoms with Gasteiger partial charge in [-0.25, -0.2) is 4.98 Å². The van der Waals surface area contributed by atoms with Crippen molar-refractivity contribution in [2.24, 2.45) is 5.73 Å². The predicted molar refractivity (Wildman–Crippen MR) is 62.6 cm³/mol. The lowest BCUT2D eigenvalue weighted by Gasteiger charge is -2.26. The molecule has 2 rings (SSSR count). The Morgan fingerprint density at radius 1 is 1.47 bits per heavy atom. The molecule has 3 N–H and O–H groups in total. The van der Waals surface area contributed by atoms with Crippen LogP contribution in [0.1, 0.15) is 38.2 Å². The molecule has 0 spiro atoms. The van der Waals surface area contributed by atoms with E-state index in [9.17, 15) is 0 Å². The van der Waals surface area contributed by atoms with Gasteiger partial charge in [0.1, 0.15) is 5.82 Å². The van der Waals surface area contributed by atoms with Gasteiger partial charge in [-0.15, -0.1) is 0 Å². The Kier molecular flexibility index (Phi) is 2.91. The van der Waals surface area contributed by atoms with Gasteiger partial charge in [0.25, 0.3) is 0 Å². The number of hydrogen-bond acceptors (Lipinski definition) is 3. The molecule has 1 saturated carbocycles. The Morgan fingerprint density at radius 3 is 2.87 bits per heavy atom. The molecule has 0 amide bonds. The first-order valence-electron chi connectivity index (χ1n) is 5.65. The first-order valence-corrected chi connectivity index (χ1v) is 5.65. The summed E-state index contributed by atoms with van der Waals surface area (Å²) < 4.78 is 0. The van der Waals surface area contributed by atoms with Crippen molar-refractivity contribution in [1.29, 1.82) is 0 Å². The van der Waals surface area contributed by atoms with E-state index in [2.05, 4.69) is 17.2 Å². The minimum atomic E-state index is 0.236. The molecular weight excluding hydrogens is 186 g/mol. The van der Waals surface area contributed by atoms with E-state index in [0.29, 0.717) is 6.54 Å². The second-order valence-corrected chi connectivity index (χ2v) is 4.65. The number of nitrogens with zero attached hydrogens (tertiary/aromatic N) is 1. The van der Waals surface area contributed by atoms with Crippen molar-refractivity contribution < 1.29 is 0 Å². The summed E-state index contributed by atoms with van der Waals surface area (Å²) in [5.41, 5.74) is 6.97. The van der Waals surface area contributed by atoms with Crippen LogP contribution in [0.3, 0.4) is 0 Å². The number of nitrogens with two attached hydrogens (primary N) is 1. The summed E-state index contributed by atoms with van der Waals surface area (Å²) in [6, 6.07) is 4.01. The lowest BCUT2D eigenvalue weighted by Crippen LogP contribution is -2.31. The van der Waals surface area contributed by atoms with E-state index >= 15 is 0 Å². The molecule has 0 radical (unpaired) electrons. The van der Waals surface area contributed by atoms with Crippen LogP contribution >= 0.6 is 0 Å². The fourth-order valence-corrected chi connectivity index (χ4v) is 2.26. The number of hydrogen-bond donors (Lipinski definition) is 2. The van der Waals surface area contributed by atoms with E-state index in [0.717, 1.165) is 11.4 Å². The van der Waals surface area contributed by atoms with Gasteiger partial charge in [-0.3, -0.25) is 0 Å². The second-order valence-electron chi connectivity index (χ2n) is 4.65. The zero-order valence-electron chi connectivity index (χ0n) is 9.29. The standard InChI is InChI=1S/C12H19N3/c1-12(5-2-3-6-12)15-11-8-10(9-13)4-7-14-11/h4,7-8H,2-3,5-6,9,13H2,1H3,(H,14,15). The van der Waals surface area contributed by atoms with E-state index < -0.39 is 0 Å². The van der Waals surface area contributed by atoms with E-state index in [4.69, 9.17) is 5.73 Å². The summed E-state index contributed by atoms with van der Waals surface area (Å²) in [7, 11) is 0. The lowest BCUT2D eigenvalue weighted by molar-refractivity contribution is 0.531. The van der Waals surface area contributed by atoms with Gasteiger partial charge in [-0.05, 0) is 37.5 Å². The first kappa shape index (κ1) is 10.4. The zero-order chi connectivity index (χ0) is 10.7. The number of nitrogens with one attached hydrogen (secondary N) is 1. The van der Waals surface area contributed by atoms with E-state index in [1.807, 2.05) is 18.3 Å². The highest BCUT2D eigenvalue weighted by atomic mass is 15.0. The Labute approximate surface area is 91.1 Å². The average molecular weight is 205 g/mol. The predicted octanol–water partition coefficient (Wildman–Crippen LogP) is 2.28. The fraction of sp³-hybridized carbons (Fsp3) is 0.583. The van der Waals surface area contributed by atoms with Crippen molar-refractivity contribution in [2.75, 3.05) is 5.32 Å². The molecule has 15 heavy (non-hydrogen) atoms. The van der Waals surface area contributed by atoms with Crippen molar-refractivity contribution in [1.82, 2.24) is 4.98 Å². The van der Waals surface area contributed by atoms with Crippen LogP contribution in [0.2, 0.25) is 0 Å². The number of pyridine rings is 1. The molecule has 82 valence electrons. The van der Waals surface area contributed by atoms with Crippen LogP contribution in [-0.2, 0) is 6.54 Å². The SMILES string of the molecule is CC1(Nc2cc(CN)ccn2)CCCC1. The average Bonchev–Trinajstić information content (AvgIpc) is 2.65. The number of rotatable bonds is 3. The highest BCUT2D eigenvalue weighted by Gasteiger charge is 2.28. The van der Waals surface area contributed by atoms with Crippen molar-refractivity contribution in [3.8, 4) is 0 Å². The Bertz CT molecular complexity index is 329. The van der Waals surface area contributed by atoms with E-state index in [-0.39, 0.29) is 5.54 Å². The van der Waals surface area contributed by atoms with Gasteiger partial charge in [-0.2, -0.15) is 0 Å². The maximum absolute atomic E-state index is 5.60. The van der Waals surface area contributed by atoms with Gasteiger partial charge in [-0.1, -0.05) is 12.8 Å². The lowest BCUT2D eigenvalue weighted by atomic mass is 10.0. The summed E-state index contributed by atoms with van der Waals surface area (Å²) in [6.07, 6.45) is 6.94. The Morgan fingerprint density at radius 2 is 2.20 bits per heavy atom. The molecule has 3 heteroatoms. The van der Waals surface area contributed by atoms with Gasteiger partial charge >= 0.3 is 0 Å². The molecule has 0 aliphatic heterocycles. The minimum Gasteiger partial charge on any atom is -0.365 e. The molecular formula is C12H19N3. The molecule has 1 heterocycles. The summed E-state index contributed by atoms with van der Waals surface area (Å²) in [4.78, 5) is 4.33. The third kappa shape index (κ3) is 2.48. The third-order valence-electron chi connectivity index (χ3n) is 3.20. The van der Waals surface area contributed by atoms with Crippen LogP contribution in [0.4, 0.5) is 5.82 Å². The molecule has 1 fully saturated rings. The highest BCUT2D eigenvalue weighted by Crippen LogP contribution is 2.31. The van der Waals surface area contributed by atoms with Crippen molar-refractivity contribution in [3.63, 3.8) is 0 Å². The zero-order valence-corrected chi connectivity index (χ0v) is 9.29. The van der Waals surface area contributed by atoms with Crippen molar-refractivity contribution in [3.05, 3.63) is 23.9 Å². The molecule has 0 bridgehead atoms. The first-order chi connectivity index (χ1) is 7.22. The molecule has 0 unspecified atom stereocenters. The topological polar surface area (TPSA) is 50.9 Å². The number of aromatic nitrogens is 1. The summed E-state index contributed by atoms with van der Waals surface area (Å²) in [6.45, 7) is 2.85. The van der Waals surface area contributed by atoms with Crippen molar-refractivity contribution >= 4 is 5.82 Å². The van der Waals surface area contributed by atoms with E-state index in [1.165, 1.54) is 25.7 Å². The van der Waals surface area contributed by atoms with Crippen LogP contribution in [0.15, 0.2) is 18.3 Å². The largest absolute Gasteiger partial charge is 0.365 e. The highest BCUT2D eigenvalue weighted by molar-refractivity contribution is 5.40. The van der Waals surface area contributed by atoms with Gasteiger partial charge in [0, 0.05) is 18.3 Å². The summed E-state index contributed by atoms with van der Waals surface area (Å²) in [5, 5.41) is 3.53. The Hall–Kier alpha value is -1.09. The van der Waals surface area contributed by atoms with Crippen LogP contribution in [0.5, 0.6) is 0 Å². The summed E-state index contributed by atoms with van der Waals surface area (Å²) >= 11 is 0. The van der Waals surface area contributed by atoms with Crippen LogP contribution in [-0.4, -0.2) is 10.5 Å². The van der Waals surface area contributed by atoms with E-state index in [1.54, 1.807) is 0 Å². The monoisotopic (exact) mass is 205 g/mol. The minimum absolute atomic E-state index is 0.236.